The number of aromatic nitrogens is 2. The van der Waals surface area contributed by atoms with Crippen molar-refractivity contribution in [1.82, 2.24) is 14.3 Å². The highest BCUT2D eigenvalue weighted by molar-refractivity contribution is 7.88. The van der Waals surface area contributed by atoms with Crippen molar-refractivity contribution in [3.63, 3.8) is 0 Å². The van der Waals surface area contributed by atoms with Crippen molar-refractivity contribution in [3.05, 3.63) is 39.4 Å². The second kappa shape index (κ2) is 8.48. The Hall–Kier alpha value is -2.13. The highest BCUT2D eigenvalue weighted by atomic mass is 35.5. The lowest BCUT2D eigenvalue weighted by atomic mass is 9.95. The van der Waals surface area contributed by atoms with Crippen LogP contribution in [0.4, 0.5) is 0 Å². The Morgan fingerprint density at radius 3 is 2.89 bits per heavy atom. The summed E-state index contributed by atoms with van der Waals surface area (Å²) in [5.74, 6) is 0.463. The van der Waals surface area contributed by atoms with Gasteiger partial charge in [0, 0.05) is 35.3 Å². The second-order valence-corrected chi connectivity index (χ2v) is 9.11. The molecule has 0 unspecified atom stereocenters. The number of hydrogen-bond donors (Lipinski definition) is 0. The average Bonchev–Trinajstić information content (AvgIpc) is 2.67. The van der Waals surface area contributed by atoms with Gasteiger partial charge in [-0.2, -0.15) is 4.31 Å². The lowest BCUT2D eigenvalue weighted by Gasteiger charge is -2.36. The van der Waals surface area contributed by atoms with E-state index in [1.165, 1.54) is 17.7 Å². The third-order valence-electron chi connectivity index (χ3n) is 4.95. The topological polar surface area (TPSA) is 121 Å². The first-order chi connectivity index (χ1) is 13.3. The van der Waals surface area contributed by atoms with Crippen LogP contribution >= 0.6 is 11.6 Å². The number of fused-ring (bicyclic) bond motifs is 1. The molecule has 0 aromatic carbocycles. The summed E-state index contributed by atoms with van der Waals surface area (Å²) < 4.78 is 31.1. The van der Waals surface area contributed by atoms with E-state index in [1.54, 1.807) is 12.3 Å². The molecule has 0 spiro atoms. The van der Waals surface area contributed by atoms with E-state index >= 15 is 0 Å². The van der Waals surface area contributed by atoms with Crippen LogP contribution in [0.25, 0.3) is 21.5 Å². The Morgan fingerprint density at radius 1 is 1.43 bits per heavy atom. The molecule has 9 nitrogen and oxygen atoms in total. The fourth-order valence-corrected chi connectivity index (χ4v) is 5.01. The standard InChI is InChI=1S/C17H21ClN6O3S/c1-27-16-8-7-15-17(21-16)13(14(18)9-20-15)6-5-12-4-3-11(22-23-19)10-24(12)28(2,25)26/h7-9,11-12H,3-6,10H2,1-2H3/t11-,12+/m0/s1. The van der Waals surface area contributed by atoms with E-state index in [9.17, 15) is 8.42 Å². The van der Waals surface area contributed by atoms with Crippen LogP contribution in [-0.2, 0) is 16.4 Å². The Morgan fingerprint density at radius 2 is 2.21 bits per heavy atom. The van der Waals surface area contributed by atoms with Gasteiger partial charge in [-0.25, -0.2) is 13.4 Å². The molecule has 1 saturated heterocycles. The zero-order chi connectivity index (χ0) is 20.3. The minimum Gasteiger partial charge on any atom is -0.481 e. The number of aryl methyl sites for hydroxylation is 1. The molecule has 0 N–H and O–H groups in total. The van der Waals surface area contributed by atoms with Gasteiger partial charge in [-0.3, -0.25) is 4.98 Å². The largest absolute Gasteiger partial charge is 0.481 e. The van der Waals surface area contributed by atoms with Crippen LogP contribution in [0.5, 0.6) is 5.88 Å². The van der Waals surface area contributed by atoms with E-state index in [2.05, 4.69) is 20.0 Å². The summed E-state index contributed by atoms with van der Waals surface area (Å²) in [5, 5.41) is 4.18. The number of halogens is 1. The zero-order valence-electron chi connectivity index (χ0n) is 15.6. The van der Waals surface area contributed by atoms with Crippen molar-refractivity contribution in [2.75, 3.05) is 19.9 Å². The van der Waals surface area contributed by atoms with Crippen molar-refractivity contribution in [3.8, 4) is 5.88 Å². The Bertz CT molecular complexity index is 1020. The number of azide groups is 1. The molecule has 2 aromatic heterocycles. The van der Waals surface area contributed by atoms with E-state index in [0.717, 1.165) is 5.56 Å². The summed E-state index contributed by atoms with van der Waals surface area (Å²) >= 11 is 6.38. The van der Waals surface area contributed by atoms with E-state index in [0.29, 0.717) is 47.6 Å². The minimum absolute atomic E-state index is 0.190. The maximum atomic E-state index is 12.2. The van der Waals surface area contributed by atoms with Gasteiger partial charge >= 0.3 is 0 Å². The molecule has 0 amide bonds. The highest BCUT2D eigenvalue weighted by Gasteiger charge is 2.33. The van der Waals surface area contributed by atoms with Crippen LogP contribution in [0, 0.1) is 0 Å². The van der Waals surface area contributed by atoms with Crippen molar-refractivity contribution < 1.29 is 13.2 Å². The van der Waals surface area contributed by atoms with Crippen molar-refractivity contribution in [1.29, 1.82) is 0 Å². The maximum absolute atomic E-state index is 12.2. The number of nitrogens with zero attached hydrogens (tertiary/aromatic N) is 6. The molecule has 0 bridgehead atoms. The highest BCUT2D eigenvalue weighted by Crippen LogP contribution is 2.30. The third-order valence-corrected chi connectivity index (χ3v) is 6.57. The Labute approximate surface area is 168 Å². The summed E-state index contributed by atoms with van der Waals surface area (Å²) in [5.41, 5.74) is 10.8. The normalized spacial score (nSPS) is 20.7. The van der Waals surface area contributed by atoms with Gasteiger partial charge in [-0.15, -0.1) is 0 Å². The predicted octanol–water partition coefficient (Wildman–Crippen LogP) is 3.33. The second-order valence-electron chi connectivity index (χ2n) is 6.77. The van der Waals surface area contributed by atoms with Gasteiger partial charge in [0.05, 0.1) is 35.5 Å². The van der Waals surface area contributed by atoms with Gasteiger partial charge in [-0.1, -0.05) is 16.7 Å². The summed E-state index contributed by atoms with van der Waals surface area (Å²) in [6.07, 6.45) is 5.15. The van der Waals surface area contributed by atoms with Gasteiger partial charge in [0.15, 0.2) is 0 Å². The first-order valence-electron chi connectivity index (χ1n) is 8.82. The average molecular weight is 425 g/mol. The number of rotatable bonds is 6. The first-order valence-corrected chi connectivity index (χ1v) is 11.0. The first kappa shape index (κ1) is 20.6. The van der Waals surface area contributed by atoms with Crippen molar-refractivity contribution >= 4 is 32.7 Å². The summed E-state index contributed by atoms with van der Waals surface area (Å²) in [4.78, 5) is 11.6. The molecule has 2 atom stereocenters. The van der Waals surface area contributed by atoms with Crippen LogP contribution in [0.15, 0.2) is 23.4 Å². The maximum Gasteiger partial charge on any atom is 0.213 e. The molecule has 28 heavy (non-hydrogen) atoms. The van der Waals surface area contributed by atoms with E-state index in [1.807, 2.05) is 6.07 Å². The van der Waals surface area contributed by atoms with Gasteiger partial charge in [0.2, 0.25) is 15.9 Å². The predicted molar refractivity (Wildman–Crippen MR) is 107 cm³/mol. The smallest absolute Gasteiger partial charge is 0.213 e. The van der Waals surface area contributed by atoms with Crippen LogP contribution in [0.3, 0.4) is 0 Å². The van der Waals surface area contributed by atoms with E-state index < -0.39 is 10.0 Å². The number of sulfonamides is 1. The van der Waals surface area contributed by atoms with Gasteiger partial charge in [-0.05, 0) is 37.3 Å². The monoisotopic (exact) mass is 424 g/mol. The molecular formula is C17H21ClN6O3S. The van der Waals surface area contributed by atoms with E-state index in [4.69, 9.17) is 21.9 Å². The molecule has 0 saturated carbocycles. The molecule has 3 heterocycles. The summed E-state index contributed by atoms with van der Waals surface area (Å²) in [7, 11) is -1.89. The fourth-order valence-electron chi connectivity index (χ4n) is 3.58. The fraction of sp³-hybridized carbons (Fsp3) is 0.529. The Kier molecular flexibility index (Phi) is 6.24. The quantitative estimate of drug-likeness (QED) is 0.400. The number of piperidine rings is 1. The lowest BCUT2D eigenvalue weighted by molar-refractivity contribution is 0.222. The molecule has 1 aliphatic rings. The summed E-state index contributed by atoms with van der Waals surface area (Å²) in [6, 6.07) is 3.02. The minimum atomic E-state index is -3.42. The molecule has 150 valence electrons. The molecule has 3 rings (SSSR count). The number of pyridine rings is 2. The van der Waals surface area contributed by atoms with Crippen LogP contribution in [-0.4, -0.2) is 54.7 Å². The SMILES string of the molecule is COc1ccc2ncc(Cl)c(CC[C@H]3CC[C@H](N=[N+]=[N-])CN3S(C)(=O)=O)c2n1. The lowest BCUT2D eigenvalue weighted by Crippen LogP contribution is -2.47. The van der Waals surface area contributed by atoms with Gasteiger partial charge in [0.1, 0.15) is 0 Å². The molecule has 1 aliphatic heterocycles. The van der Waals surface area contributed by atoms with Gasteiger partial charge < -0.3 is 4.74 Å². The molecule has 1 fully saturated rings. The number of hydrogen-bond acceptors (Lipinski definition) is 6. The van der Waals surface area contributed by atoms with E-state index in [-0.39, 0.29) is 18.6 Å². The third kappa shape index (κ3) is 4.47. The number of ether oxygens (including phenoxy) is 1. The zero-order valence-corrected chi connectivity index (χ0v) is 17.2. The van der Waals surface area contributed by atoms with Crippen LogP contribution in [0.1, 0.15) is 24.8 Å². The summed E-state index contributed by atoms with van der Waals surface area (Å²) in [6.45, 7) is 0.199. The van der Waals surface area contributed by atoms with Crippen LogP contribution < -0.4 is 4.74 Å². The molecular weight excluding hydrogens is 404 g/mol. The molecule has 0 radical (unpaired) electrons. The van der Waals surface area contributed by atoms with Crippen LogP contribution in [0.2, 0.25) is 5.02 Å². The molecule has 2 aromatic rings. The molecule has 0 aliphatic carbocycles. The Balaban J connectivity index is 1.86. The van der Waals surface area contributed by atoms with Crippen molar-refractivity contribution in [2.45, 2.75) is 37.8 Å². The molecule has 11 heteroatoms. The number of methoxy groups -OCH3 is 1. The van der Waals surface area contributed by atoms with Crippen molar-refractivity contribution in [2.24, 2.45) is 5.11 Å². The van der Waals surface area contributed by atoms with Gasteiger partial charge in [0.25, 0.3) is 0 Å².